The van der Waals surface area contributed by atoms with Crippen molar-refractivity contribution in [3.05, 3.63) is 35.4 Å². The molecule has 0 aliphatic heterocycles. The lowest BCUT2D eigenvalue weighted by Crippen LogP contribution is -2.38. The van der Waals surface area contributed by atoms with Crippen LogP contribution in [-0.2, 0) is 17.4 Å². The van der Waals surface area contributed by atoms with Gasteiger partial charge in [-0.05, 0) is 30.5 Å². The first kappa shape index (κ1) is 17.0. The summed E-state index contributed by atoms with van der Waals surface area (Å²) >= 11 is 3.34. The van der Waals surface area contributed by atoms with Gasteiger partial charge in [0, 0.05) is 11.4 Å². The lowest BCUT2D eigenvalue weighted by atomic mass is 10.1. The first-order valence-electron chi connectivity index (χ1n) is 6.25. The molecule has 1 N–H and O–H groups in total. The highest BCUT2D eigenvalue weighted by Crippen LogP contribution is 2.29. The van der Waals surface area contributed by atoms with Crippen molar-refractivity contribution in [3.8, 4) is 0 Å². The second-order valence-electron chi connectivity index (χ2n) is 4.86. The van der Waals surface area contributed by atoms with E-state index in [1.54, 1.807) is 0 Å². The molecular weight excluding hydrogens is 335 g/mol. The number of rotatable bonds is 5. The van der Waals surface area contributed by atoms with Crippen molar-refractivity contribution in [2.45, 2.75) is 32.5 Å². The van der Waals surface area contributed by atoms with Crippen LogP contribution >= 0.6 is 15.9 Å². The Bertz CT molecular complexity index is 445. The van der Waals surface area contributed by atoms with Crippen LogP contribution < -0.4 is 5.32 Å². The van der Waals surface area contributed by atoms with E-state index >= 15 is 0 Å². The molecule has 0 aliphatic rings. The van der Waals surface area contributed by atoms with E-state index in [1.165, 1.54) is 12.1 Å². The largest absolute Gasteiger partial charge is 0.416 e. The van der Waals surface area contributed by atoms with E-state index < -0.39 is 11.7 Å². The lowest BCUT2D eigenvalue weighted by molar-refractivity contribution is -0.137. The summed E-state index contributed by atoms with van der Waals surface area (Å²) in [5.41, 5.74) is -0.142. The first-order chi connectivity index (χ1) is 9.24. The van der Waals surface area contributed by atoms with Gasteiger partial charge in [0.1, 0.15) is 0 Å². The molecule has 1 aromatic carbocycles. The van der Waals surface area contributed by atoms with Crippen LogP contribution in [0.2, 0.25) is 0 Å². The molecule has 0 saturated heterocycles. The standard InChI is InChI=1S/C14H17BrF3NO/c1-9(8-15)10(2)19-13(20)7-11-3-5-12(6-4-11)14(16,17)18/h3-6,9-10H,7-8H2,1-2H3,(H,19,20). The number of hydrogen-bond donors (Lipinski definition) is 1. The van der Waals surface area contributed by atoms with Gasteiger partial charge in [-0.25, -0.2) is 0 Å². The minimum absolute atomic E-state index is 0.0105. The van der Waals surface area contributed by atoms with Gasteiger partial charge in [0.2, 0.25) is 5.91 Å². The normalized spacial score (nSPS) is 14.7. The molecule has 2 nitrogen and oxygen atoms in total. The molecular formula is C14H17BrF3NO. The fourth-order valence-electron chi connectivity index (χ4n) is 1.58. The van der Waals surface area contributed by atoms with Gasteiger partial charge in [-0.3, -0.25) is 4.79 Å². The van der Waals surface area contributed by atoms with Gasteiger partial charge in [0.15, 0.2) is 0 Å². The number of amides is 1. The molecule has 0 heterocycles. The van der Waals surface area contributed by atoms with E-state index in [9.17, 15) is 18.0 Å². The number of benzene rings is 1. The van der Waals surface area contributed by atoms with Gasteiger partial charge in [-0.2, -0.15) is 13.2 Å². The zero-order chi connectivity index (χ0) is 15.3. The second kappa shape index (κ2) is 7.11. The highest BCUT2D eigenvalue weighted by molar-refractivity contribution is 9.09. The minimum Gasteiger partial charge on any atom is -0.353 e. The Morgan fingerprint density at radius 2 is 1.80 bits per heavy atom. The summed E-state index contributed by atoms with van der Waals surface area (Å²) in [6.07, 6.45) is -4.27. The molecule has 0 aliphatic carbocycles. The summed E-state index contributed by atoms with van der Waals surface area (Å²) in [7, 11) is 0. The van der Waals surface area contributed by atoms with Crippen molar-refractivity contribution in [3.63, 3.8) is 0 Å². The van der Waals surface area contributed by atoms with Crippen LogP contribution in [0.15, 0.2) is 24.3 Å². The number of carbonyl (C=O) groups excluding carboxylic acids is 1. The molecule has 0 fully saturated rings. The van der Waals surface area contributed by atoms with Crippen molar-refractivity contribution in [1.29, 1.82) is 0 Å². The molecule has 0 saturated carbocycles. The van der Waals surface area contributed by atoms with E-state index in [1.807, 2.05) is 13.8 Å². The molecule has 20 heavy (non-hydrogen) atoms. The zero-order valence-corrected chi connectivity index (χ0v) is 12.9. The van der Waals surface area contributed by atoms with E-state index in [-0.39, 0.29) is 24.3 Å². The number of hydrogen-bond acceptors (Lipinski definition) is 1. The van der Waals surface area contributed by atoms with Crippen molar-refractivity contribution < 1.29 is 18.0 Å². The summed E-state index contributed by atoms with van der Waals surface area (Å²) < 4.78 is 37.2. The molecule has 0 spiro atoms. The Morgan fingerprint density at radius 3 is 2.25 bits per heavy atom. The van der Waals surface area contributed by atoms with Gasteiger partial charge < -0.3 is 5.32 Å². The Balaban J connectivity index is 2.59. The van der Waals surface area contributed by atoms with E-state index in [2.05, 4.69) is 21.2 Å². The number of halogens is 4. The Hall–Kier alpha value is -1.04. The fraction of sp³-hybridized carbons (Fsp3) is 0.500. The van der Waals surface area contributed by atoms with E-state index in [0.29, 0.717) is 5.56 Å². The molecule has 112 valence electrons. The minimum atomic E-state index is -4.35. The third-order valence-electron chi connectivity index (χ3n) is 3.13. The summed E-state index contributed by atoms with van der Waals surface area (Å²) in [5.74, 6) is 0.0941. The van der Waals surface area contributed by atoms with Crippen LogP contribution in [0, 0.1) is 5.92 Å². The van der Waals surface area contributed by atoms with Crippen LogP contribution in [-0.4, -0.2) is 17.3 Å². The van der Waals surface area contributed by atoms with Crippen LogP contribution in [0.25, 0.3) is 0 Å². The van der Waals surface area contributed by atoms with Gasteiger partial charge >= 0.3 is 6.18 Å². The maximum absolute atomic E-state index is 12.4. The lowest BCUT2D eigenvalue weighted by Gasteiger charge is -2.19. The molecule has 0 aromatic heterocycles. The zero-order valence-electron chi connectivity index (χ0n) is 11.3. The van der Waals surface area contributed by atoms with Crippen molar-refractivity contribution in [1.82, 2.24) is 5.32 Å². The SMILES string of the molecule is CC(CBr)C(C)NC(=O)Cc1ccc(C(F)(F)F)cc1. The fourth-order valence-corrected chi connectivity index (χ4v) is 2.14. The Morgan fingerprint density at radius 1 is 1.25 bits per heavy atom. The van der Waals surface area contributed by atoms with Gasteiger partial charge in [-0.15, -0.1) is 0 Å². The molecule has 0 bridgehead atoms. The molecule has 2 atom stereocenters. The van der Waals surface area contributed by atoms with Gasteiger partial charge in [-0.1, -0.05) is 35.0 Å². The first-order valence-corrected chi connectivity index (χ1v) is 7.37. The topological polar surface area (TPSA) is 29.1 Å². The molecule has 6 heteroatoms. The van der Waals surface area contributed by atoms with Crippen LogP contribution in [0.1, 0.15) is 25.0 Å². The van der Waals surface area contributed by atoms with Gasteiger partial charge in [0.05, 0.1) is 12.0 Å². The third-order valence-corrected chi connectivity index (χ3v) is 4.15. The van der Waals surface area contributed by atoms with Crippen molar-refractivity contribution in [2.24, 2.45) is 5.92 Å². The molecule has 1 aromatic rings. The van der Waals surface area contributed by atoms with Gasteiger partial charge in [0.25, 0.3) is 0 Å². The molecule has 1 amide bonds. The van der Waals surface area contributed by atoms with Crippen LogP contribution in [0.3, 0.4) is 0 Å². The average Bonchev–Trinajstić information content (AvgIpc) is 2.37. The van der Waals surface area contributed by atoms with E-state index in [0.717, 1.165) is 17.5 Å². The second-order valence-corrected chi connectivity index (χ2v) is 5.51. The third kappa shape index (κ3) is 5.15. The quantitative estimate of drug-likeness (QED) is 0.803. The van der Waals surface area contributed by atoms with Crippen molar-refractivity contribution >= 4 is 21.8 Å². The molecule has 0 radical (unpaired) electrons. The highest BCUT2D eigenvalue weighted by atomic mass is 79.9. The number of alkyl halides is 4. The number of carbonyl (C=O) groups is 1. The van der Waals surface area contributed by atoms with Crippen LogP contribution in [0.5, 0.6) is 0 Å². The Labute approximate surface area is 124 Å². The maximum Gasteiger partial charge on any atom is 0.416 e. The summed E-state index contributed by atoms with van der Waals surface area (Å²) in [5, 5.41) is 3.61. The van der Waals surface area contributed by atoms with E-state index in [4.69, 9.17) is 0 Å². The summed E-state index contributed by atoms with van der Waals surface area (Å²) in [6.45, 7) is 3.90. The number of nitrogens with one attached hydrogen (secondary N) is 1. The summed E-state index contributed by atoms with van der Waals surface area (Å²) in [6, 6.07) is 4.67. The highest BCUT2D eigenvalue weighted by Gasteiger charge is 2.29. The molecule has 2 unspecified atom stereocenters. The maximum atomic E-state index is 12.4. The monoisotopic (exact) mass is 351 g/mol. The summed E-state index contributed by atoms with van der Waals surface area (Å²) in [4.78, 5) is 11.8. The predicted molar refractivity (Wildman–Crippen MR) is 75.7 cm³/mol. The van der Waals surface area contributed by atoms with Crippen LogP contribution in [0.4, 0.5) is 13.2 Å². The average molecular weight is 352 g/mol. The molecule has 1 rings (SSSR count). The van der Waals surface area contributed by atoms with Crippen molar-refractivity contribution in [2.75, 3.05) is 5.33 Å². The predicted octanol–water partition coefficient (Wildman–Crippen LogP) is 3.78. The smallest absolute Gasteiger partial charge is 0.353 e. The Kier molecular flexibility index (Phi) is 6.05.